The number of amides is 2. The molecule has 0 saturated carbocycles. The molecule has 5 nitrogen and oxygen atoms in total. The van der Waals surface area contributed by atoms with Gasteiger partial charge in [-0.1, -0.05) is 30.3 Å². The van der Waals surface area contributed by atoms with Gasteiger partial charge in [-0.2, -0.15) is 0 Å². The zero-order chi connectivity index (χ0) is 16.0. The molecule has 0 aliphatic carbocycles. The summed E-state index contributed by atoms with van der Waals surface area (Å²) in [6.07, 6.45) is 1.85. The molecule has 122 valence electrons. The van der Waals surface area contributed by atoms with Crippen LogP contribution < -0.4 is 11.1 Å². The Morgan fingerprint density at radius 1 is 1.27 bits per heavy atom. The number of hydrogen-bond acceptors (Lipinski definition) is 3. The van der Waals surface area contributed by atoms with E-state index in [0.29, 0.717) is 13.1 Å². The Hall–Kier alpha value is -1.59. The topological polar surface area (TPSA) is 61.6 Å². The first kappa shape index (κ1) is 16.8. The number of benzene rings is 1. The molecule has 0 bridgehead atoms. The number of nitrogens with zero attached hydrogens (tertiary/aromatic N) is 2. The molecule has 1 saturated heterocycles. The smallest absolute Gasteiger partial charge is 0.317 e. The van der Waals surface area contributed by atoms with Crippen LogP contribution in [-0.2, 0) is 5.41 Å². The highest BCUT2D eigenvalue weighted by molar-refractivity contribution is 5.74. The molecule has 0 unspecified atom stereocenters. The van der Waals surface area contributed by atoms with Crippen LogP contribution >= 0.6 is 0 Å². The predicted molar refractivity (Wildman–Crippen MR) is 89.9 cm³/mol. The van der Waals surface area contributed by atoms with E-state index in [2.05, 4.69) is 34.5 Å². The van der Waals surface area contributed by atoms with Crippen molar-refractivity contribution in [3.05, 3.63) is 35.9 Å². The van der Waals surface area contributed by atoms with Gasteiger partial charge in [0.2, 0.25) is 0 Å². The summed E-state index contributed by atoms with van der Waals surface area (Å²) in [6, 6.07) is 10.5. The number of rotatable bonds is 5. The Morgan fingerprint density at radius 3 is 2.45 bits per heavy atom. The lowest BCUT2D eigenvalue weighted by atomic mass is 9.73. The Balaban J connectivity index is 1.90. The summed E-state index contributed by atoms with van der Waals surface area (Å²) in [5.74, 6) is 0. The zero-order valence-corrected chi connectivity index (χ0v) is 13.7. The first-order valence-electron chi connectivity index (χ1n) is 8.00. The molecule has 2 rings (SSSR count). The molecule has 22 heavy (non-hydrogen) atoms. The fraction of sp³-hybridized carbons (Fsp3) is 0.588. The molecular formula is C17H28N4O. The number of hydrogen-bond donors (Lipinski definition) is 2. The molecule has 0 spiro atoms. The molecule has 5 heteroatoms. The third-order valence-corrected chi connectivity index (χ3v) is 4.62. The number of urea groups is 1. The van der Waals surface area contributed by atoms with Crippen LogP contribution in [0, 0.1) is 0 Å². The fourth-order valence-electron chi connectivity index (χ4n) is 3.04. The molecular weight excluding hydrogens is 276 g/mol. The maximum atomic E-state index is 12.2. The van der Waals surface area contributed by atoms with E-state index < -0.39 is 0 Å². The largest absolute Gasteiger partial charge is 0.337 e. The first-order valence-corrected chi connectivity index (χ1v) is 8.00. The van der Waals surface area contributed by atoms with Crippen LogP contribution in [0.15, 0.2) is 30.3 Å². The first-order chi connectivity index (χ1) is 10.6. The van der Waals surface area contributed by atoms with Gasteiger partial charge in [-0.15, -0.1) is 0 Å². The second kappa shape index (κ2) is 7.61. The third-order valence-electron chi connectivity index (χ3n) is 4.62. The van der Waals surface area contributed by atoms with Crippen molar-refractivity contribution in [3.8, 4) is 0 Å². The van der Waals surface area contributed by atoms with E-state index in [1.54, 1.807) is 0 Å². The van der Waals surface area contributed by atoms with Crippen LogP contribution in [0.25, 0.3) is 0 Å². The van der Waals surface area contributed by atoms with Crippen LogP contribution in [0.2, 0.25) is 0 Å². The Kier molecular flexibility index (Phi) is 5.80. The van der Waals surface area contributed by atoms with Crippen molar-refractivity contribution in [1.82, 2.24) is 15.1 Å². The van der Waals surface area contributed by atoms with Gasteiger partial charge in [0.1, 0.15) is 0 Å². The molecule has 2 amide bonds. The number of piperidine rings is 1. The summed E-state index contributed by atoms with van der Waals surface area (Å²) in [7, 11) is 4.00. The lowest BCUT2D eigenvalue weighted by Crippen LogP contribution is -2.51. The molecule has 1 aromatic carbocycles. The predicted octanol–water partition coefficient (Wildman–Crippen LogP) is 1.25. The van der Waals surface area contributed by atoms with Gasteiger partial charge < -0.3 is 20.9 Å². The van der Waals surface area contributed by atoms with E-state index in [0.717, 1.165) is 32.5 Å². The summed E-state index contributed by atoms with van der Waals surface area (Å²) in [4.78, 5) is 16.2. The van der Waals surface area contributed by atoms with Crippen molar-refractivity contribution in [2.24, 2.45) is 5.73 Å². The van der Waals surface area contributed by atoms with E-state index in [1.807, 2.05) is 25.1 Å². The van der Waals surface area contributed by atoms with Gasteiger partial charge in [0.05, 0.1) is 0 Å². The van der Waals surface area contributed by atoms with Gasteiger partial charge in [-0.3, -0.25) is 0 Å². The van der Waals surface area contributed by atoms with Gasteiger partial charge >= 0.3 is 6.03 Å². The minimum atomic E-state index is 0.0156. The molecule has 3 N–H and O–H groups in total. The zero-order valence-electron chi connectivity index (χ0n) is 13.7. The third kappa shape index (κ3) is 3.99. The van der Waals surface area contributed by atoms with E-state index in [4.69, 9.17) is 5.73 Å². The number of likely N-dealkylation sites (tertiary alicyclic amines) is 1. The fourth-order valence-corrected chi connectivity index (χ4v) is 3.04. The molecule has 1 heterocycles. The molecule has 1 aliphatic heterocycles. The quantitative estimate of drug-likeness (QED) is 0.860. The molecule has 1 fully saturated rings. The molecule has 1 aromatic rings. The van der Waals surface area contributed by atoms with E-state index in [-0.39, 0.29) is 11.4 Å². The van der Waals surface area contributed by atoms with Crippen LogP contribution in [0.3, 0.4) is 0 Å². The van der Waals surface area contributed by atoms with Gasteiger partial charge in [0.15, 0.2) is 0 Å². The number of likely N-dealkylation sites (N-methyl/N-ethyl adjacent to an activating group) is 1. The molecule has 0 atom stereocenters. The highest BCUT2D eigenvalue weighted by Crippen LogP contribution is 2.34. The van der Waals surface area contributed by atoms with Crippen molar-refractivity contribution in [2.75, 3.05) is 46.8 Å². The highest BCUT2D eigenvalue weighted by atomic mass is 16.2. The molecule has 0 aromatic heterocycles. The summed E-state index contributed by atoms with van der Waals surface area (Å²) in [5, 5.41) is 2.98. The van der Waals surface area contributed by atoms with Gasteiger partial charge in [0, 0.05) is 38.1 Å². The van der Waals surface area contributed by atoms with Crippen LogP contribution in [0.5, 0.6) is 0 Å². The van der Waals surface area contributed by atoms with Crippen molar-refractivity contribution in [3.63, 3.8) is 0 Å². The standard InChI is InChI=1S/C17H28N4O/c1-20(2)13-10-19-16(22)21-11-8-17(14-18,9-12-21)15-6-4-3-5-7-15/h3-7H,8-14,18H2,1-2H3,(H,19,22). The second-order valence-electron chi connectivity index (χ2n) is 6.37. The van der Waals surface area contributed by atoms with Crippen molar-refractivity contribution in [1.29, 1.82) is 0 Å². The van der Waals surface area contributed by atoms with E-state index >= 15 is 0 Å². The minimum absolute atomic E-state index is 0.0156. The molecule has 1 aliphatic rings. The van der Waals surface area contributed by atoms with Gasteiger partial charge in [0.25, 0.3) is 0 Å². The number of nitrogens with one attached hydrogen (secondary N) is 1. The van der Waals surface area contributed by atoms with Crippen LogP contribution in [0.1, 0.15) is 18.4 Å². The van der Waals surface area contributed by atoms with Crippen molar-refractivity contribution < 1.29 is 4.79 Å². The summed E-state index contributed by atoms with van der Waals surface area (Å²) >= 11 is 0. The number of nitrogens with two attached hydrogens (primary N) is 1. The Bertz CT molecular complexity index is 467. The van der Waals surface area contributed by atoms with Gasteiger partial charge in [-0.05, 0) is 32.5 Å². The average Bonchev–Trinajstić information content (AvgIpc) is 2.55. The lowest BCUT2D eigenvalue weighted by Gasteiger charge is -2.41. The number of carbonyl (C=O) groups is 1. The lowest BCUT2D eigenvalue weighted by molar-refractivity contribution is 0.159. The summed E-state index contributed by atoms with van der Waals surface area (Å²) in [5.41, 5.74) is 7.39. The number of carbonyl (C=O) groups excluding carboxylic acids is 1. The van der Waals surface area contributed by atoms with Gasteiger partial charge in [-0.25, -0.2) is 4.79 Å². The summed E-state index contributed by atoms with van der Waals surface area (Å²) in [6.45, 7) is 3.70. The van der Waals surface area contributed by atoms with Crippen LogP contribution in [-0.4, -0.2) is 62.7 Å². The Labute approximate surface area is 133 Å². The SMILES string of the molecule is CN(C)CCNC(=O)N1CCC(CN)(c2ccccc2)CC1. The minimum Gasteiger partial charge on any atom is -0.337 e. The maximum Gasteiger partial charge on any atom is 0.317 e. The van der Waals surface area contributed by atoms with Crippen molar-refractivity contribution >= 4 is 6.03 Å². The maximum absolute atomic E-state index is 12.2. The second-order valence-corrected chi connectivity index (χ2v) is 6.37. The van der Waals surface area contributed by atoms with Crippen LogP contribution in [0.4, 0.5) is 4.79 Å². The molecule has 0 radical (unpaired) electrons. The van der Waals surface area contributed by atoms with Crippen molar-refractivity contribution in [2.45, 2.75) is 18.3 Å². The average molecular weight is 304 g/mol. The monoisotopic (exact) mass is 304 g/mol. The summed E-state index contributed by atoms with van der Waals surface area (Å²) < 4.78 is 0. The van der Waals surface area contributed by atoms with E-state index in [9.17, 15) is 4.79 Å². The highest BCUT2D eigenvalue weighted by Gasteiger charge is 2.36. The van der Waals surface area contributed by atoms with E-state index in [1.165, 1.54) is 5.56 Å². The Morgan fingerprint density at radius 2 is 1.91 bits per heavy atom. The normalized spacial score (nSPS) is 17.5.